The molecule has 0 fully saturated rings. The van der Waals surface area contributed by atoms with Gasteiger partial charge in [-0.05, 0) is 18.6 Å². The first-order chi connectivity index (χ1) is 7.16. The van der Waals surface area contributed by atoms with E-state index >= 15 is 0 Å². The first-order valence-corrected chi connectivity index (χ1v) is 6.73. The zero-order chi connectivity index (χ0) is 11.3. The molecule has 1 aromatic rings. The molecule has 15 heavy (non-hydrogen) atoms. The van der Waals surface area contributed by atoms with Gasteiger partial charge in [0.15, 0.2) is 0 Å². The Morgan fingerprint density at radius 2 is 2.13 bits per heavy atom. The molecule has 1 aromatic carbocycles. The van der Waals surface area contributed by atoms with Crippen molar-refractivity contribution in [2.45, 2.75) is 18.2 Å². The maximum atomic E-state index is 8.84. The van der Waals surface area contributed by atoms with Gasteiger partial charge in [-0.1, -0.05) is 34.1 Å². The van der Waals surface area contributed by atoms with Crippen molar-refractivity contribution < 1.29 is 5.11 Å². The van der Waals surface area contributed by atoms with Crippen LogP contribution in [0.5, 0.6) is 0 Å². The van der Waals surface area contributed by atoms with Crippen LogP contribution in [0.3, 0.4) is 0 Å². The fraction of sp³-hybridized carbons (Fsp3) is 0.455. The zero-order valence-corrected chi connectivity index (χ0v) is 11.1. The molecule has 0 aromatic heterocycles. The van der Waals surface area contributed by atoms with Crippen LogP contribution in [0, 0.1) is 0 Å². The van der Waals surface area contributed by atoms with E-state index in [0.717, 1.165) is 4.47 Å². The molecule has 2 unspecified atom stereocenters. The lowest BCUT2D eigenvalue weighted by molar-refractivity contribution is 0.322. The summed E-state index contributed by atoms with van der Waals surface area (Å²) in [7, 11) is 0. The van der Waals surface area contributed by atoms with E-state index in [2.05, 4.69) is 22.0 Å². The lowest BCUT2D eigenvalue weighted by Gasteiger charge is -2.21. The van der Waals surface area contributed by atoms with Crippen molar-refractivity contribution in [3.63, 3.8) is 0 Å². The van der Waals surface area contributed by atoms with E-state index < -0.39 is 0 Å². The Morgan fingerprint density at radius 1 is 1.47 bits per heavy atom. The lowest BCUT2D eigenvalue weighted by atomic mass is 10.1. The van der Waals surface area contributed by atoms with Crippen molar-refractivity contribution in [2.24, 2.45) is 5.73 Å². The van der Waals surface area contributed by atoms with Crippen LogP contribution in [0.1, 0.15) is 17.7 Å². The second-order valence-corrected chi connectivity index (χ2v) is 5.50. The van der Waals surface area contributed by atoms with Gasteiger partial charge in [-0.2, -0.15) is 0 Å². The average Bonchev–Trinajstić information content (AvgIpc) is 2.20. The van der Waals surface area contributed by atoms with E-state index in [0.29, 0.717) is 5.75 Å². The van der Waals surface area contributed by atoms with Crippen LogP contribution in [0.25, 0.3) is 0 Å². The summed E-state index contributed by atoms with van der Waals surface area (Å²) in [6, 6.07) is 8.16. The lowest BCUT2D eigenvalue weighted by Crippen LogP contribution is -2.23. The Kier molecular flexibility index (Phi) is 5.68. The predicted octanol–water partition coefficient (Wildman–Crippen LogP) is 2.56. The molecule has 0 saturated carbocycles. The van der Waals surface area contributed by atoms with Crippen molar-refractivity contribution in [3.05, 3.63) is 34.3 Å². The van der Waals surface area contributed by atoms with Crippen molar-refractivity contribution in [2.75, 3.05) is 12.4 Å². The Balaban J connectivity index is 2.84. The van der Waals surface area contributed by atoms with Crippen LogP contribution in [-0.4, -0.2) is 23.5 Å². The molecule has 2 atom stereocenters. The second kappa shape index (κ2) is 6.53. The van der Waals surface area contributed by atoms with Gasteiger partial charge in [0.2, 0.25) is 0 Å². The number of hydrogen-bond donors (Lipinski definition) is 2. The van der Waals surface area contributed by atoms with Gasteiger partial charge in [-0.15, -0.1) is 11.8 Å². The Labute approximate surface area is 103 Å². The molecule has 1 rings (SSSR count). The third-order valence-electron chi connectivity index (χ3n) is 2.08. The first-order valence-electron chi connectivity index (χ1n) is 4.89. The molecule has 84 valence electrons. The number of aliphatic hydroxyl groups excluding tert-OH is 1. The highest BCUT2D eigenvalue weighted by Crippen LogP contribution is 2.35. The molecular formula is C11H16BrNOS. The summed E-state index contributed by atoms with van der Waals surface area (Å²) in [6.07, 6.45) is 0. The Hall–Kier alpha value is -0.0300. The predicted molar refractivity (Wildman–Crippen MR) is 70.1 cm³/mol. The highest BCUT2D eigenvalue weighted by atomic mass is 79.9. The molecule has 0 heterocycles. The van der Waals surface area contributed by atoms with Crippen LogP contribution in [0.4, 0.5) is 0 Å². The van der Waals surface area contributed by atoms with Gasteiger partial charge in [-0.25, -0.2) is 0 Å². The molecule has 0 spiro atoms. The number of hydrogen-bond acceptors (Lipinski definition) is 3. The van der Waals surface area contributed by atoms with Gasteiger partial charge in [-0.3, -0.25) is 0 Å². The molecule has 4 heteroatoms. The van der Waals surface area contributed by atoms with Crippen LogP contribution in [0.2, 0.25) is 0 Å². The minimum absolute atomic E-state index is 0.0697. The Bertz CT molecular complexity index is 306. The zero-order valence-electron chi connectivity index (χ0n) is 8.69. The SMILES string of the molecule is CC(N)C(SCCO)c1ccccc1Br. The summed E-state index contributed by atoms with van der Waals surface area (Å²) in [5, 5.41) is 9.07. The van der Waals surface area contributed by atoms with E-state index in [-0.39, 0.29) is 17.9 Å². The van der Waals surface area contributed by atoms with Crippen molar-refractivity contribution >= 4 is 27.7 Å². The quantitative estimate of drug-likeness (QED) is 0.876. The molecule has 0 aliphatic heterocycles. The number of benzene rings is 1. The highest BCUT2D eigenvalue weighted by Gasteiger charge is 2.18. The second-order valence-electron chi connectivity index (χ2n) is 3.40. The minimum atomic E-state index is 0.0697. The standard InChI is InChI=1S/C11H16BrNOS/c1-8(13)11(15-7-6-14)9-4-2-3-5-10(9)12/h2-5,8,11,14H,6-7,13H2,1H3. The average molecular weight is 290 g/mol. The van der Waals surface area contributed by atoms with Crippen LogP contribution in [-0.2, 0) is 0 Å². The monoisotopic (exact) mass is 289 g/mol. The van der Waals surface area contributed by atoms with Gasteiger partial charge in [0.25, 0.3) is 0 Å². The molecule has 0 aliphatic rings. The molecule has 3 N–H and O–H groups in total. The number of halogens is 1. The van der Waals surface area contributed by atoms with Crippen molar-refractivity contribution in [3.8, 4) is 0 Å². The highest BCUT2D eigenvalue weighted by molar-refractivity contribution is 9.10. The Morgan fingerprint density at radius 3 is 2.67 bits per heavy atom. The fourth-order valence-electron chi connectivity index (χ4n) is 1.41. The largest absolute Gasteiger partial charge is 0.396 e. The fourth-order valence-corrected chi connectivity index (χ4v) is 3.14. The molecule has 0 radical (unpaired) electrons. The summed E-state index contributed by atoms with van der Waals surface area (Å²) in [6.45, 7) is 2.19. The third kappa shape index (κ3) is 3.79. The molecule has 0 saturated heterocycles. The number of rotatable bonds is 5. The maximum absolute atomic E-state index is 8.84. The van der Waals surface area contributed by atoms with Gasteiger partial charge in [0.1, 0.15) is 0 Å². The normalized spacial score (nSPS) is 14.9. The molecule has 0 bridgehead atoms. The molecular weight excluding hydrogens is 274 g/mol. The van der Waals surface area contributed by atoms with Gasteiger partial charge in [0.05, 0.1) is 6.61 Å². The van der Waals surface area contributed by atoms with Crippen LogP contribution >= 0.6 is 27.7 Å². The minimum Gasteiger partial charge on any atom is -0.396 e. The summed E-state index contributed by atoms with van der Waals surface area (Å²) < 4.78 is 1.08. The summed E-state index contributed by atoms with van der Waals surface area (Å²) in [5.41, 5.74) is 7.16. The van der Waals surface area contributed by atoms with Crippen molar-refractivity contribution in [1.82, 2.24) is 0 Å². The summed E-state index contributed by atoms with van der Waals surface area (Å²) >= 11 is 5.22. The van der Waals surface area contributed by atoms with Crippen molar-refractivity contribution in [1.29, 1.82) is 0 Å². The van der Waals surface area contributed by atoms with Gasteiger partial charge in [0, 0.05) is 21.5 Å². The molecule has 2 nitrogen and oxygen atoms in total. The van der Waals surface area contributed by atoms with E-state index in [1.165, 1.54) is 5.56 Å². The number of aliphatic hydroxyl groups is 1. The molecule has 0 aliphatic carbocycles. The van der Waals surface area contributed by atoms with Crippen LogP contribution in [0.15, 0.2) is 28.7 Å². The van der Waals surface area contributed by atoms with Crippen LogP contribution < -0.4 is 5.73 Å². The first kappa shape index (κ1) is 13.0. The maximum Gasteiger partial charge on any atom is 0.0521 e. The summed E-state index contributed by atoms with van der Waals surface area (Å²) in [4.78, 5) is 0. The van der Waals surface area contributed by atoms with E-state index in [9.17, 15) is 0 Å². The summed E-state index contributed by atoms with van der Waals surface area (Å²) in [5.74, 6) is 0.716. The smallest absolute Gasteiger partial charge is 0.0521 e. The topological polar surface area (TPSA) is 46.2 Å². The van der Waals surface area contributed by atoms with E-state index in [1.807, 2.05) is 25.1 Å². The third-order valence-corrected chi connectivity index (χ3v) is 4.26. The number of nitrogens with two attached hydrogens (primary N) is 1. The van der Waals surface area contributed by atoms with E-state index in [4.69, 9.17) is 10.8 Å². The number of thioether (sulfide) groups is 1. The van der Waals surface area contributed by atoms with Gasteiger partial charge < -0.3 is 10.8 Å². The van der Waals surface area contributed by atoms with E-state index in [1.54, 1.807) is 11.8 Å². The van der Waals surface area contributed by atoms with Gasteiger partial charge >= 0.3 is 0 Å². The molecule has 0 amide bonds.